The highest BCUT2D eigenvalue weighted by Gasteiger charge is 2.48. The highest BCUT2D eigenvalue weighted by molar-refractivity contribution is 6.10. The highest BCUT2D eigenvalue weighted by atomic mass is 16.3. The van der Waals surface area contributed by atoms with E-state index < -0.39 is 5.41 Å². The molecule has 0 fully saturated rings. The Bertz CT molecular complexity index is 2980. The second-order valence-electron chi connectivity index (χ2n) is 14.4. The van der Waals surface area contributed by atoms with E-state index in [-0.39, 0.29) is 0 Å². The van der Waals surface area contributed by atoms with Gasteiger partial charge in [0.15, 0.2) is 0 Å². The molecule has 0 unspecified atom stereocenters. The Morgan fingerprint density at radius 1 is 0.382 bits per heavy atom. The first-order chi connectivity index (χ1) is 27.3. The largest absolute Gasteiger partial charge is 0.456 e. The molecule has 2 heteroatoms. The molecule has 9 aromatic carbocycles. The van der Waals surface area contributed by atoms with E-state index in [1.165, 1.54) is 49.7 Å². The molecular weight excluding hydrogens is 667 g/mol. The van der Waals surface area contributed by atoms with Crippen molar-refractivity contribution in [1.29, 1.82) is 0 Å². The van der Waals surface area contributed by atoms with Gasteiger partial charge in [0.2, 0.25) is 0 Å². The number of hydrogen-bond donors (Lipinski definition) is 0. The molecule has 1 heterocycles. The van der Waals surface area contributed by atoms with Crippen LogP contribution in [0.3, 0.4) is 0 Å². The van der Waals surface area contributed by atoms with Crippen LogP contribution in [-0.4, -0.2) is 0 Å². The summed E-state index contributed by atoms with van der Waals surface area (Å²) in [5, 5.41) is 4.57. The number of hydrogen-bond acceptors (Lipinski definition) is 2. The van der Waals surface area contributed by atoms with Gasteiger partial charge in [-0.1, -0.05) is 176 Å². The van der Waals surface area contributed by atoms with Gasteiger partial charge < -0.3 is 9.32 Å². The summed E-state index contributed by atoms with van der Waals surface area (Å²) in [7, 11) is 0. The van der Waals surface area contributed by atoms with Crippen molar-refractivity contribution < 1.29 is 4.42 Å². The monoisotopic (exact) mass is 701 g/mol. The fourth-order valence-electron chi connectivity index (χ4n) is 9.16. The molecule has 1 aliphatic rings. The van der Waals surface area contributed by atoms with Gasteiger partial charge in [0.05, 0.1) is 11.1 Å². The Labute approximate surface area is 320 Å². The molecule has 11 rings (SSSR count). The first kappa shape index (κ1) is 31.4. The van der Waals surface area contributed by atoms with Crippen molar-refractivity contribution in [3.63, 3.8) is 0 Å². The number of furan rings is 1. The van der Waals surface area contributed by atoms with E-state index in [2.05, 4.69) is 217 Å². The summed E-state index contributed by atoms with van der Waals surface area (Å²) in [5.41, 5.74) is 14.1. The van der Waals surface area contributed by atoms with Crippen LogP contribution in [0.2, 0.25) is 0 Å². The van der Waals surface area contributed by atoms with E-state index in [4.69, 9.17) is 4.42 Å². The minimum absolute atomic E-state index is 0.655. The maximum absolute atomic E-state index is 7.04. The van der Waals surface area contributed by atoms with E-state index in [1.807, 2.05) is 0 Å². The quantitative estimate of drug-likeness (QED) is 0.172. The van der Waals surface area contributed by atoms with Crippen LogP contribution in [0.5, 0.6) is 0 Å². The molecule has 0 saturated heterocycles. The van der Waals surface area contributed by atoms with Crippen LogP contribution in [0.25, 0.3) is 55.0 Å². The molecule has 55 heavy (non-hydrogen) atoms. The number of nitrogens with zero attached hydrogens (tertiary/aromatic N) is 1. The molecule has 258 valence electrons. The first-order valence-electron chi connectivity index (χ1n) is 18.9. The summed E-state index contributed by atoms with van der Waals surface area (Å²) in [6.07, 6.45) is 0. The molecule has 0 amide bonds. The number of para-hydroxylation sites is 1. The van der Waals surface area contributed by atoms with Gasteiger partial charge in [-0.15, -0.1) is 0 Å². The highest BCUT2D eigenvalue weighted by Crippen LogP contribution is 2.58. The SMILES string of the molecule is c1ccc(-c2ccc(N(c3cc(C4(c5ccccc5)c5ccccc5-c5ccccc54)c4oc5ccccc5c4c3)c3cccc4ccccc34)cc2)cc1. The molecule has 0 N–H and O–H groups in total. The lowest BCUT2D eigenvalue weighted by Crippen LogP contribution is -2.29. The molecule has 0 radical (unpaired) electrons. The van der Waals surface area contributed by atoms with Crippen molar-refractivity contribution in [3.8, 4) is 22.3 Å². The van der Waals surface area contributed by atoms with Crippen molar-refractivity contribution in [2.45, 2.75) is 5.41 Å². The third kappa shape index (κ3) is 4.75. The predicted molar refractivity (Wildman–Crippen MR) is 229 cm³/mol. The van der Waals surface area contributed by atoms with Crippen molar-refractivity contribution in [2.75, 3.05) is 4.90 Å². The van der Waals surface area contributed by atoms with Crippen LogP contribution in [0.1, 0.15) is 22.3 Å². The average Bonchev–Trinajstić information content (AvgIpc) is 3.79. The molecule has 10 aromatic rings. The second-order valence-corrected chi connectivity index (χ2v) is 14.4. The zero-order valence-corrected chi connectivity index (χ0v) is 30.1. The predicted octanol–water partition coefficient (Wildman–Crippen LogP) is 14.2. The average molecular weight is 702 g/mol. The molecule has 0 atom stereocenters. The minimum Gasteiger partial charge on any atom is -0.456 e. The molecule has 0 bridgehead atoms. The Kier molecular flexibility index (Phi) is 7.11. The lowest BCUT2D eigenvalue weighted by Gasteiger charge is -2.35. The number of benzene rings is 9. The molecule has 2 nitrogen and oxygen atoms in total. The molecule has 0 spiro atoms. The lowest BCUT2D eigenvalue weighted by molar-refractivity contribution is 0.648. The topological polar surface area (TPSA) is 16.4 Å². The Morgan fingerprint density at radius 3 is 1.71 bits per heavy atom. The van der Waals surface area contributed by atoms with Gasteiger partial charge in [-0.3, -0.25) is 0 Å². The van der Waals surface area contributed by atoms with Gasteiger partial charge in [-0.2, -0.15) is 0 Å². The fourth-order valence-corrected chi connectivity index (χ4v) is 9.16. The summed E-state index contributed by atoms with van der Waals surface area (Å²) in [4.78, 5) is 2.44. The number of rotatable bonds is 6. The van der Waals surface area contributed by atoms with Crippen LogP contribution >= 0.6 is 0 Å². The van der Waals surface area contributed by atoms with Crippen LogP contribution < -0.4 is 4.90 Å². The van der Waals surface area contributed by atoms with Crippen molar-refractivity contribution in [2.24, 2.45) is 0 Å². The summed E-state index contributed by atoms with van der Waals surface area (Å²) >= 11 is 0. The third-order valence-electron chi connectivity index (χ3n) is 11.5. The standard InChI is InChI=1S/C53H35NO/c1-3-16-36(17-4-1)37-30-32-40(33-31-37)54(50-28-15-19-38-18-7-8-22-42(38)50)41-34-46-45-25-11-14-29-51(45)55-52(46)49(35-41)53(39-20-5-2-6-21-39)47-26-12-9-23-43(47)44-24-10-13-27-48(44)53/h1-35H. The Hall–Kier alpha value is -7.16. The fraction of sp³-hybridized carbons (Fsp3) is 0.0189. The Balaban J connectivity index is 1.27. The molecule has 0 aliphatic heterocycles. The van der Waals surface area contributed by atoms with Gasteiger partial charge in [-0.05, 0) is 80.7 Å². The third-order valence-corrected chi connectivity index (χ3v) is 11.5. The van der Waals surface area contributed by atoms with E-state index in [0.717, 1.165) is 44.6 Å². The maximum Gasteiger partial charge on any atom is 0.140 e. The molecule has 1 aliphatic carbocycles. The molecular formula is C53H35NO. The first-order valence-corrected chi connectivity index (χ1v) is 18.9. The summed E-state index contributed by atoms with van der Waals surface area (Å²) < 4.78 is 7.04. The number of fused-ring (bicyclic) bond motifs is 7. The zero-order valence-electron chi connectivity index (χ0n) is 30.1. The normalized spacial score (nSPS) is 12.9. The van der Waals surface area contributed by atoms with Crippen molar-refractivity contribution >= 4 is 49.8 Å². The number of anilines is 3. The van der Waals surface area contributed by atoms with E-state index in [9.17, 15) is 0 Å². The molecule has 0 saturated carbocycles. The van der Waals surface area contributed by atoms with Gasteiger partial charge in [0, 0.05) is 33.1 Å². The van der Waals surface area contributed by atoms with Crippen LogP contribution in [0.15, 0.2) is 217 Å². The Morgan fingerprint density at radius 2 is 0.964 bits per heavy atom. The summed E-state index contributed by atoms with van der Waals surface area (Å²) in [6, 6.07) is 77.0. The van der Waals surface area contributed by atoms with E-state index in [0.29, 0.717) is 0 Å². The minimum atomic E-state index is -0.655. The van der Waals surface area contributed by atoms with Gasteiger partial charge in [-0.25, -0.2) is 0 Å². The van der Waals surface area contributed by atoms with E-state index >= 15 is 0 Å². The maximum atomic E-state index is 7.04. The molecule has 1 aromatic heterocycles. The van der Waals surface area contributed by atoms with E-state index in [1.54, 1.807) is 0 Å². The summed E-state index contributed by atoms with van der Waals surface area (Å²) in [5.74, 6) is 0. The zero-order chi connectivity index (χ0) is 36.3. The second kappa shape index (κ2) is 12.5. The van der Waals surface area contributed by atoms with Gasteiger partial charge in [0.25, 0.3) is 0 Å². The van der Waals surface area contributed by atoms with Crippen LogP contribution in [0, 0.1) is 0 Å². The van der Waals surface area contributed by atoms with Crippen LogP contribution in [0.4, 0.5) is 17.1 Å². The van der Waals surface area contributed by atoms with Gasteiger partial charge >= 0.3 is 0 Å². The van der Waals surface area contributed by atoms with Gasteiger partial charge in [0.1, 0.15) is 11.2 Å². The summed E-state index contributed by atoms with van der Waals surface area (Å²) in [6.45, 7) is 0. The smallest absolute Gasteiger partial charge is 0.140 e. The lowest BCUT2D eigenvalue weighted by atomic mass is 9.67. The van der Waals surface area contributed by atoms with Crippen molar-refractivity contribution in [1.82, 2.24) is 0 Å². The van der Waals surface area contributed by atoms with Crippen LogP contribution in [-0.2, 0) is 5.41 Å². The van der Waals surface area contributed by atoms with Crippen molar-refractivity contribution in [3.05, 3.63) is 235 Å².